The molecule has 23 heavy (non-hydrogen) atoms. The van der Waals surface area contributed by atoms with Gasteiger partial charge in [0.05, 0.1) is 6.26 Å². The third kappa shape index (κ3) is 2.96. The first-order chi connectivity index (χ1) is 10.8. The molecule has 2 heterocycles. The van der Waals surface area contributed by atoms with Crippen molar-refractivity contribution < 1.29 is 22.8 Å². The van der Waals surface area contributed by atoms with E-state index in [1.807, 2.05) is 0 Å². The van der Waals surface area contributed by atoms with Crippen LogP contribution in [0.25, 0.3) is 0 Å². The summed E-state index contributed by atoms with van der Waals surface area (Å²) in [5.41, 5.74) is 0.0145. The second-order valence-corrected chi connectivity index (χ2v) is 8.19. The van der Waals surface area contributed by atoms with Gasteiger partial charge in [-0.15, -0.1) is 11.3 Å². The van der Waals surface area contributed by atoms with Crippen LogP contribution in [0, 0.1) is 0 Å². The molecule has 8 nitrogen and oxygen atoms in total. The molecule has 0 N–H and O–H groups in total. The SMILES string of the molecule is CS(=O)(=O)N1CCN(C(=O)c2nc3c(s2)C(=O)C=CC3=O)CC1. The number of carbonyl (C=O) groups excluding carboxylic acids is 3. The third-order valence-corrected chi connectivity index (χ3v) is 6.01. The lowest BCUT2D eigenvalue weighted by molar-refractivity contribution is 0.0697. The maximum Gasteiger partial charge on any atom is 0.282 e. The van der Waals surface area contributed by atoms with Crippen molar-refractivity contribution in [1.82, 2.24) is 14.2 Å². The van der Waals surface area contributed by atoms with E-state index in [1.54, 1.807) is 0 Å². The lowest BCUT2D eigenvalue weighted by Gasteiger charge is -2.32. The molecule has 1 aromatic heterocycles. The molecule has 0 unspecified atom stereocenters. The minimum Gasteiger partial charge on any atom is -0.334 e. The molecule has 0 spiro atoms. The lowest BCUT2D eigenvalue weighted by Crippen LogP contribution is -2.50. The number of amides is 1. The minimum absolute atomic E-state index is 0.0145. The van der Waals surface area contributed by atoms with Gasteiger partial charge in [0.1, 0.15) is 10.6 Å². The van der Waals surface area contributed by atoms with Crippen molar-refractivity contribution >= 4 is 38.8 Å². The van der Waals surface area contributed by atoms with Crippen LogP contribution in [0.4, 0.5) is 0 Å². The molecular weight excluding hydrogens is 342 g/mol. The number of aromatic nitrogens is 1. The second-order valence-electron chi connectivity index (χ2n) is 5.21. The van der Waals surface area contributed by atoms with E-state index in [9.17, 15) is 22.8 Å². The van der Waals surface area contributed by atoms with E-state index in [0.717, 1.165) is 23.7 Å². The van der Waals surface area contributed by atoms with Gasteiger partial charge in [-0.2, -0.15) is 4.31 Å². The summed E-state index contributed by atoms with van der Waals surface area (Å²) >= 11 is 0.899. The summed E-state index contributed by atoms with van der Waals surface area (Å²) in [6.07, 6.45) is 3.44. The summed E-state index contributed by atoms with van der Waals surface area (Å²) in [7, 11) is -3.27. The molecule has 0 saturated carbocycles. The molecule has 122 valence electrons. The van der Waals surface area contributed by atoms with Gasteiger partial charge < -0.3 is 4.90 Å². The highest BCUT2D eigenvalue weighted by molar-refractivity contribution is 7.88. The first-order valence-corrected chi connectivity index (χ1v) is 9.46. The van der Waals surface area contributed by atoms with Gasteiger partial charge in [-0.25, -0.2) is 13.4 Å². The Balaban J connectivity index is 1.77. The van der Waals surface area contributed by atoms with Crippen molar-refractivity contribution in [2.75, 3.05) is 32.4 Å². The number of thiazole rings is 1. The molecule has 1 fully saturated rings. The van der Waals surface area contributed by atoms with Gasteiger partial charge in [0, 0.05) is 26.2 Å². The van der Waals surface area contributed by atoms with Crippen molar-refractivity contribution in [1.29, 1.82) is 0 Å². The molecule has 2 aliphatic rings. The van der Waals surface area contributed by atoms with Gasteiger partial charge in [-0.1, -0.05) is 0 Å². The molecule has 0 aromatic carbocycles. The number of ketones is 2. The van der Waals surface area contributed by atoms with Crippen molar-refractivity contribution in [2.24, 2.45) is 0 Å². The largest absolute Gasteiger partial charge is 0.334 e. The van der Waals surface area contributed by atoms with Gasteiger partial charge in [0.2, 0.25) is 15.8 Å². The zero-order valence-corrected chi connectivity index (χ0v) is 13.8. The van der Waals surface area contributed by atoms with E-state index in [1.165, 1.54) is 15.3 Å². The number of sulfonamides is 1. The van der Waals surface area contributed by atoms with Gasteiger partial charge in [-0.05, 0) is 12.2 Å². The number of allylic oxidation sites excluding steroid dienone is 2. The monoisotopic (exact) mass is 355 g/mol. The number of hydrogen-bond acceptors (Lipinski definition) is 7. The lowest BCUT2D eigenvalue weighted by atomic mass is 10.1. The second kappa shape index (κ2) is 5.62. The third-order valence-electron chi connectivity index (χ3n) is 3.65. The first-order valence-electron chi connectivity index (χ1n) is 6.79. The molecule has 0 bridgehead atoms. The smallest absolute Gasteiger partial charge is 0.282 e. The predicted molar refractivity (Wildman–Crippen MR) is 82.2 cm³/mol. The van der Waals surface area contributed by atoms with Crippen LogP contribution in [0.1, 0.15) is 30.0 Å². The summed E-state index contributed by atoms with van der Waals surface area (Å²) in [6, 6.07) is 0. The average Bonchev–Trinajstić information content (AvgIpc) is 2.96. The van der Waals surface area contributed by atoms with Crippen LogP contribution in [0.5, 0.6) is 0 Å². The molecule has 1 amide bonds. The Morgan fingerprint density at radius 1 is 1.13 bits per heavy atom. The Labute approximate surface area is 136 Å². The van der Waals surface area contributed by atoms with Crippen LogP contribution in [0.15, 0.2) is 12.2 Å². The topological polar surface area (TPSA) is 105 Å². The van der Waals surface area contributed by atoms with E-state index in [4.69, 9.17) is 0 Å². The number of hydrogen-bond donors (Lipinski definition) is 0. The summed E-state index contributed by atoms with van der Waals surface area (Å²) in [4.78, 5) is 41.5. The van der Waals surface area contributed by atoms with Crippen LogP contribution >= 0.6 is 11.3 Å². The molecule has 1 aliphatic carbocycles. The van der Waals surface area contributed by atoms with Crippen molar-refractivity contribution in [3.05, 3.63) is 27.7 Å². The Kier molecular flexibility index (Phi) is 3.90. The number of rotatable bonds is 2. The molecule has 0 radical (unpaired) electrons. The molecule has 1 saturated heterocycles. The minimum atomic E-state index is -3.27. The fraction of sp³-hybridized carbons (Fsp3) is 0.385. The standard InChI is InChI=1S/C13H13N3O5S2/c1-23(20,21)16-6-4-15(5-7-16)13(19)12-14-10-8(17)2-3-9(18)11(10)22-12/h2-3H,4-7H2,1H3. The van der Waals surface area contributed by atoms with Gasteiger partial charge in [0.25, 0.3) is 5.91 Å². The number of nitrogens with zero attached hydrogens (tertiary/aromatic N) is 3. The maximum atomic E-state index is 12.5. The van der Waals surface area contributed by atoms with Crippen LogP contribution in [0.3, 0.4) is 0 Å². The van der Waals surface area contributed by atoms with E-state index < -0.39 is 21.7 Å². The van der Waals surface area contributed by atoms with Crippen LogP contribution in [-0.4, -0.2) is 72.5 Å². The van der Waals surface area contributed by atoms with Crippen molar-refractivity contribution in [3.63, 3.8) is 0 Å². The zero-order chi connectivity index (χ0) is 16.8. The summed E-state index contributed by atoms with van der Waals surface area (Å²) in [5.74, 6) is -1.12. The van der Waals surface area contributed by atoms with Crippen molar-refractivity contribution in [3.8, 4) is 0 Å². The molecule has 1 aromatic rings. The summed E-state index contributed by atoms with van der Waals surface area (Å²) in [6.45, 7) is 0.927. The number of fused-ring (bicyclic) bond motifs is 1. The predicted octanol–water partition coefficient (Wildman–Crippen LogP) is -0.204. The highest BCUT2D eigenvalue weighted by atomic mass is 32.2. The summed E-state index contributed by atoms with van der Waals surface area (Å²) in [5, 5.41) is 0.0770. The average molecular weight is 355 g/mol. The Bertz CT molecular complexity index is 796. The fourth-order valence-corrected chi connectivity index (χ4v) is 4.19. The Morgan fingerprint density at radius 2 is 1.74 bits per heavy atom. The highest BCUT2D eigenvalue weighted by Crippen LogP contribution is 2.25. The molecular formula is C13H13N3O5S2. The van der Waals surface area contributed by atoms with Crippen molar-refractivity contribution in [2.45, 2.75) is 0 Å². The van der Waals surface area contributed by atoms with E-state index in [-0.39, 0.29) is 47.5 Å². The molecule has 1 aliphatic heterocycles. The fourth-order valence-electron chi connectivity index (χ4n) is 2.41. The normalized spacial score (nSPS) is 19.1. The summed E-state index contributed by atoms with van der Waals surface area (Å²) < 4.78 is 24.2. The number of carbonyl (C=O) groups is 3. The zero-order valence-electron chi connectivity index (χ0n) is 12.2. The van der Waals surface area contributed by atoms with Crippen LogP contribution in [-0.2, 0) is 10.0 Å². The van der Waals surface area contributed by atoms with Crippen LogP contribution in [0.2, 0.25) is 0 Å². The number of piperazine rings is 1. The molecule has 0 atom stereocenters. The van der Waals surface area contributed by atoms with E-state index in [2.05, 4.69) is 4.98 Å². The van der Waals surface area contributed by atoms with Gasteiger partial charge in [0.15, 0.2) is 10.8 Å². The van der Waals surface area contributed by atoms with Crippen LogP contribution < -0.4 is 0 Å². The Morgan fingerprint density at radius 3 is 2.30 bits per heavy atom. The van der Waals surface area contributed by atoms with E-state index >= 15 is 0 Å². The molecule has 3 rings (SSSR count). The maximum absolute atomic E-state index is 12.5. The van der Waals surface area contributed by atoms with E-state index in [0.29, 0.717) is 0 Å². The van der Waals surface area contributed by atoms with Gasteiger partial charge in [-0.3, -0.25) is 14.4 Å². The highest BCUT2D eigenvalue weighted by Gasteiger charge is 2.31. The van der Waals surface area contributed by atoms with Gasteiger partial charge >= 0.3 is 0 Å². The Hall–Kier alpha value is -1.91. The molecule has 10 heteroatoms. The first kappa shape index (κ1) is 16.0. The quantitative estimate of drug-likeness (QED) is 0.727.